The molecule has 9 heteroatoms. The van der Waals surface area contributed by atoms with Crippen LogP contribution in [0.2, 0.25) is 0 Å². The van der Waals surface area contributed by atoms with Crippen molar-refractivity contribution in [1.82, 2.24) is 30.1 Å². The van der Waals surface area contributed by atoms with Gasteiger partial charge in [-0.1, -0.05) is 20.8 Å². The second kappa shape index (κ2) is 11.1. The molecule has 0 aliphatic carbocycles. The number of hydrogen-bond acceptors (Lipinski definition) is 7. The van der Waals surface area contributed by atoms with Gasteiger partial charge in [-0.2, -0.15) is 0 Å². The number of fused-ring (bicyclic) bond motifs is 1. The number of aliphatic hydroxyl groups excluding tert-OH is 1. The summed E-state index contributed by atoms with van der Waals surface area (Å²) in [7, 11) is 0. The number of aromatic amines is 1. The van der Waals surface area contributed by atoms with Crippen LogP contribution in [0.5, 0.6) is 5.75 Å². The SMILES string of the molecule is CCOc1ccc2[nH]c(=O)c(CN(CCCO)[C@@H](c3nnnn3C(C)(C)CC)C(C)C)cc2c1. The predicted molar refractivity (Wildman–Crippen MR) is 133 cm³/mol. The lowest BCUT2D eigenvalue weighted by Crippen LogP contribution is -2.39. The van der Waals surface area contributed by atoms with Gasteiger partial charge in [0.25, 0.3) is 5.56 Å². The van der Waals surface area contributed by atoms with Crippen molar-refractivity contribution in [2.45, 2.75) is 72.5 Å². The van der Waals surface area contributed by atoms with E-state index in [4.69, 9.17) is 4.74 Å². The Balaban J connectivity index is 2.04. The number of aliphatic hydroxyl groups is 1. The van der Waals surface area contributed by atoms with Crippen molar-refractivity contribution in [1.29, 1.82) is 0 Å². The summed E-state index contributed by atoms with van der Waals surface area (Å²) in [6, 6.07) is 7.48. The molecule has 1 atom stereocenters. The Morgan fingerprint density at radius 1 is 1.24 bits per heavy atom. The van der Waals surface area contributed by atoms with Gasteiger partial charge in [0.05, 0.1) is 18.2 Å². The summed E-state index contributed by atoms with van der Waals surface area (Å²) in [6.45, 7) is 14.2. The molecule has 0 aliphatic rings. The average Bonchev–Trinajstić information content (AvgIpc) is 3.28. The number of ether oxygens (including phenoxy) is 1. The number of H-pyrrole nitrogens is 1. The molecular formula is C25H38N6O3. The molecule has 3 rings (SSSR count). The van der Waals surface area contributed by atoms with Crippen LogP contribution in [0.15, 0.2) is 29.1 Å². The van der Waals surface area contributed by atoms with Crippen LogP contribution in [0.1, 0.15) is 71.8 Å². The van der Waals surface area contributed by atoms with E-state index in [2.05, 4.69) is 60.0 Å². The van der Waals surface area contributed by atoms with E-state index < -0.39 is 0 Å². The third kappa shape index (κ3) is 5.64. The Bertz CT molecular complexity index is 1140. The molecule has 0 bridgehead atoms. The molecule has 0 spiro atoms. The van der Waals surface area contributed by atoms with Crippen LogP contribution in [0.25, 0.3) is 10.9 Å². The van der Waals surface area contributed by atoms with E-state index in [0.717, 1.165) is 28.9 Å². The number of tetrazole rings is 1. The topological polar surface area (TPSA) is 109 Å². The zero-order valence-electron chi connectivity index (χ0n) is 21.2. The van der Waals surface area contributed by atoms with E-state index in [1.165, 1.54) is 0 Å². The van der Waals surface area contributed by atoms with Gasteiger partial charge in [-0.15, -0.1) is 5.10 Å². The van der Waals surface area contributed by atoms with Gasteiger partial charge in [-0.05, 0) is 74.2 Å². The number of aromatic nitrogens is 5. The minimum Gasteiger partial charge on any atom is -0.494 e. The van der Waals surface area contributed by atoms with Crippen molar-refractivity contribution in [3.63, 3.8) is 0 Å². The molecule has 0 unspecified atom stereocenters. The summed E-state index contributed by atoms with van der Waals surface area (Å²) in [5.41, 5.74) is 1.05. The molecule has 3 aromatic rings. The van der Waals surface area contributed by atoms with E-state index in [0.29, 0.717) is 31.7 Å². The second-order valence-corrected chi connectivity index (χ2v) is 9.66. The number of hydrogen-bond donors (Lipinski definition) is 2. The van der Waals surface area contributed by atoms with Gasteiger partial charge in [-0.25, -0.2) is 4.68 Å². The lowest BCUT2D eigenvalue weighted by molar-refractivity contribution is 0.115. The number of nitrogens with one attached hydrogen (secondary N) is 1. The van der Waals surface area contributed by atoms with Crippen molar-refractivity contribution in [3.8, 4) is 5.75 Å². The summed E-state index contributed by atoms with van der Waals surface area (Å²) >= 11 is 0. The largest absolute Gasteiger partial charge is 0.494 e. The molecule has 2 N–H and O–H groups in total. The maximum atomic E-state index is 13.0. The van der Waals surface area contributed by atoms with E-state index >= 15 is 0 Å². The van der Waals surface area contributed by atoms with Gasteiger partial charge in [0.15, 0.2) is 5.82 Å². The Hall–Kier alpha value is -2.78. The molecule has 0 amide bonds. The number of nitrogens with zero attached hydrogens (tertiary/aromatic N) is 5. The molecule has 0 aliphatic heterocycles. The van der Waals surface area contributed by atoms with Crippen molar-refractivity contribution in [2.75, 3.05) is 19.8 Å². The summed E-state index contributed by atoms with van der Waals surface area (Å²) in [4.78, 5) is 18.2. The molecular weight excluding hydrogens is 432 g/mol. The van der Waals surface area contributed by atoms with Gasteiger partial charge in [0.2, 0.25) is 0 Å². The van der Waals surface area contributed by atoms with E-state index in [1.807, 2.05) is 35.9 Å². The number of rotatable bonds is 12. The first kappa shape index (κ1) is 25.8. The Morgan fingerprint density at radius 3 is 2.65 bits per heavy atom. The molecule has 0 saturated carbocycles. The van der Waals surface area contributed by atoms with Gasteiger partial charge in [-0.3, -0.25) is 9.69 Å². The maximum Gasteiger partial charge on any atom is 0.252 e. The highest BCUT2D eigenvalue weighted by molar-refractivity contribution is 5.80. The lowest BCUT2D eigenvalue weighted by atomic mass is 9.97. The summed E-state index contributed by atoms with van der Waals surface area (Å²) < 4.78 is 7.54. The minimum absolute atomic E-state index is 0.0680. The van der Waals surface area contributed by atoms with E-state index in [9.17, 15) is 9.90 Å². The highest BCUT2D eigenvalue weighted by Gasteiger charge is 2.33. The fourth-order valence-corrected chi connectivity index (χ4v) is 4.26. The first-order valence-electron chi connectivity index (χ1n) is 12.1. The Labute approximate surface area is 201 Å². The molecule has 9 nitrogen and oxygen atoms in total. The third-order valence-electron chi connectivity index (χ3n) is 6.40. The quantitative estimate of drug-likeness (QED) is 0.416. The van der Waals surface area contributed by atoms with Crippen LogP contribution < -0.4 is 10.3 Å². The fraction of sp³-hybridized carbons (Fsp3) is 0.600. The molecule has 0 fully saturated rings. The Kier molecular flexibility index (Phi) is 8.43. The Morgan fingerprint density at radius 2 is 2.00 bits per heavy atom. The van der Waals surface area contributed by atoms with Gasteiger partial charge in [0.1, 0.15) is 5.75 Å². The van der Waals surface area contributed by atoms with Crippen molar-refractivity contribution in [3.05, 3.63) is 46.0 Å². The molecule has 0 radical (unpaired) electrons. The normalized spacial score (nSPS) is 13.2. The first-order chi connectivity index (χ1) is 16.2. The van der Waals surface area contributed by atoms with Crippen LogP contribution in [0.4, 0.5) is 0 Å². The third-order valence-corrected chi connectivity index (χ3v) is 6.40. The van der Waals surface area contributed by atoms with Gasteiger partial charge >= 0.3 is 0 Å². The lowest BCUT2D eigenvalue weighted by Gasteiger charge is -2.35. The van der Waals surface area contributed by atoms with Crippen LogP contribution in [-0.4, -0.2) is 55.0 Å². The monoisotopic (exact) mass is 470 g/mol. The summed E-state index contributed by atoms with van der Waals surface area (Å²) in [5, 5.41) is 23.2. The zero-order valence-corrected chi connectivity index (χ0v) is 21.2. The van der Waals surface area contributed by atoms with Gasteiger partial charge < -0.3 is 14.8 Å². The fourth-order valence-electron chi connectivity index (χ4n) is 4.26. The highest BCUT2D eigenvalue weighted by atomic mass is 16.5. The summed E-state index contributed by atoms with van der Waals surface area (Å²) in [5.74, 6) is 1.72. The van der Waals surface area contributed by atoms with Gasteiger partial charge in [0, 0.05) is 36.2 Å². The van der Waals surface area contributed by atoms with Crippen molar-refractivity contribution >= 4 is 10.9 Å². The zero-order chi connectivity index (χ0) is 24.9. The molecule has 34 heavy (non-hydrogen) atoms. The smallest absolute Gasteiger partial charge is 0.252 e. The standard InChI is InChI=1S/C25H38N6O3/c1-7-25(5,6)31-23(27-28-29-31)22(17(3)4)30(12-9-13-32)16-19-14-18-15-20(34-8-2)10-11-21(18)26-24(19)33/h10-11,14-15,17,22,32H,7-9,12-13,16H2,1-6H3,(H,26,33)/t22-/m1/s1. The average molecular weight is 471 g/mol. The van der Waals surface area contributed by atoms with Crippen LogP contribution in [0, 0.1) is 5.92 Å². The van der Waals surface area contributed by atoms with E-state index in [-0.39, 0.29) is 29.7 Å². The van der Waals surface area contributed by atoms with Crippen LogP contribution in [0.3, 0.4) is 0 Å². The van der Waals surface area contributed by atoms with Crippen LogP contribution >= 0.6 is 0 Å². The predicted octanol–water partition coefficient (Wildman–Crippen LogP) is 3.64. The van der Waals surface area contributed by atoms with Crippen molar-refractivity contribution in [2.24, 2.45) is 5.92 Å². The molecule has 2 aromatic heterocycles. The van der Waals surface area contributed by atoms with E-state index in [1.54, 1.807) is 0 Å². The minimum atomic E-state index is -0.245. The van der Waals surface area contributed by atoms with Crippen LogP contribution in [-0.2, 0) is 12.1 Å². The van der Waals surface area contributed by atoms with Crippen molar-refractivity contribution < 1.29 is 9.84 Å². The molecule has 0 saturated heterocycles. The molecule has 2 heterocycles. The first-order valence-corrected chi connectivity index (χ1v) is 12.1. The molecule has 186 valence electrons. The maximum absolute atomic E-state index is 13.0. The summed E-state index contributed by atoms with van der Waals surface area (Å²) in [6.07, 6.45) is 1.46. The molecule has 1 aromatic carbocycles. The number of pyridine rings is 1. The highest BCUT2D eigenvalue weighted by Crippen LogP contribution is 2.32. The number of benzene rings is 1. The second-order valence-electron chi connectivity index (χ2n) is 9.66.